The van der Waals surface area contributed by atoms with Crippen LogP contribution < -0.4 is 5.32 Å². The molecule has 0 saturated heterocycles. The lowest BCUT2D eigenvalue weighted by Gasteiger charge is -2.23. The van der Waals surface area contributed by atoms with Gasteiger partial charge in [0.05, 0.1) is 0 Å². The van der Waals surface area contributed by atoms with Crippen LogP contribution in [0.1, 0.15) is 29.5 Å². The van der Waals surface area contributed by atoms with Crippen molar-refractivity contribution in [2.24, 2.45) is 0 Å². The van der Waals surface area contributed by atoms with E-state index in [1.165, 1.54) is 28.0 Å². The minimum Gasteiger partial charge on any atom is -0.335 e. The van der Waals surface area contributed by atoms with Gasteiger partial charge in [-0.1, -0.05) is 0 Å². The molecule has 0 saturated carbocycles. The number of fused-ring (bicyclic) bond motifs is 1. The number of nitrogens with zero attached hydrogens (tertiary/aromatic N) is 2. The molecule has 0 amide bonds. The smallest absolute Gasteiger partial charge is 0.113 e. The maximum absolute atomic E-state index is 4.49. The van der Waals surface area contributed by atoms with Crippen LogP contribution in [0.5, 0.6) is 0 Å². The van der Waals surface area contributed by atoms with Gasteiger partial charge in [-0.25, -0.2) is 4.98 Å². The zero-order valence-corrected chi connectivity index (χ0v) is 12.5. The molecule has 96 valence electrons. The molecule has 1 aliphatic rings. The maximum Gasteiger partial charge on any atom is 0.113 e. The number of hydrogen-bond acceptors (Lipinski definition) is 3. The topological polar surface area (TPSA) is 29.9 Å². The average Bonchev–Trinajstić information content (AvgIpc) is 2.98. The van der Waals surface area contributed by atoms with Crippen LogP contribution in [0.4, 0.5) is 0 Å². The Balaban J connectivity index is 1.55. The zero-order valence-electron chi connectivity index (χ0n) is 10.1. The third kappa shape index (κ3) is 2.68. The van der Waals surface area contributed by atoms with Crippen LogP contribution in [0.3, 0.4) is 0 Å². The number of hydrogen-bond donors (Lipinski definition) is 1. The summed E-state index contributed by atoms with van der Waals surface area (Å²) in [5.74, 6) is 1.82. The van der Waals surface area contributed by atoms with Crippen LogP contribution in [0.15, 0.2) is 28.3 Å². The maximum atomic E-state index is 4.49. The molecule has 0 spiro atoms. The lowest BCUT2D eigenvalue weighted by atomic mass is 9.99. The van der Waals surface area contributed by atoms with Gasteiger partial charge in [-0.15, -0.1) is 11.3 Å². The molecular formula is C13H16BrN3S. The Kier molecular flexibility index (Phi) is 3.82. The van der Waals surface area contributed by atoms with Crippen molar-refractivity contribution in [3.8, 4) is 0 Å². The number of aryl methyl sites for hydroxylation is 1. The van der Waals surface area contributed by atoms with Crippen molar-refractivity contribution in [2.75, 3.05) is 6.54 Å². The molecular weight excluding hydrogens is 310 g/mol. The van der Waals surface area contributed by atoms with E-state index in [0.717, 1.165) is 19.6 Å². The Hall–Kier alpha value is -0.650. The summed E-state index contributed by atoms with van der Waals surface area (Å²) >= 11 is 5.28. The van der Waals surface area contributed by atoms with E-state index in [0.29, 0.717) is 5.92 Å². The molecule has 5 heteroatoms. The third-order valence-electron chi connectivity index (χ3n) is 3.38. The molecule has 0 bridgehead atoms. The van der Waals surface area contributed by atoms with Crippen LogP contribution in [0, 0.1) is 0 Å². The normalized spacial score (nSPS) is 18.8. The van der Waals surface area contributed by atoms with Gasteiger partial charge in [-0.05, 0) is 34.8 Å². The molecule has 0 unspecified atom stereocenters. The van der Waals surface area contributed by atoms with E-state index >= 15 is 0 Å². The third-order valence-corrected chi connectivity index (χ3v) is 5.07. The Labute approximate surface area is 119 Å². The lowest BCUT2D eigenvalue weighted by Crippen LogP contribution is -2.26. The van der Waals surface area contributed by atoms with Gasteiger partial charge in [0.15, 0.2) is 0 Å². The van der Waals surface area contributed by atoms with E-state index in [9.17, 15) is 0 Å². The minimum absolute atomic E-state index is 0.567. The first-order valence-corrected chi connectivity index (χ1v) is 7.95. The summed E-state index contributed by atoms with van der Waals surface area (Å²) in [6.07, 6.45) is 6.53. The molecule has 0 fully saturated rings. The predicted octanol–water partition coefficient (Wildman–Crippen LogP) is 3.37. The van der Waals surface area contributed by atoms with Crippen molar-refractivity contribution in [3.63, 3.8) is 0 Å². The second-order valence-electron chi connectivity index (χ2n) is 4.68. The summed E-state index contributed by atoms with van der Waals surface area (Å²) < 4.78 is 3.47. The number of imidazole rings is 1. The number of thiophene rings is 1. The monoisotopic (exact) mass is 325 g/mol. The van der Waals surface area contributed by atoms with Gasteiger partial charge in [0.25, 0.3) is 0 Å². The van der Waals surface area contributed by atoms with Gasteiger partial charge in [-0.2, -0.15) is 0 Å². The highest BCUT2D eigenvalue weighted by Gasteiger charge is 2.20. The second-order valence-corrected chi connectivity index (χ2v) is 6.59. The molecule has 1 N–H and O–H groups in total. The first kappa shape index (κ1) is 12.4. The van der Waals surface area contributed by atoms with E-state index in [4.69, 9.17) is 0 Å². The average molecular weight is 326 g/mol. The quantitative estimate of drug-likeness (QED) is 0.933. The Morgan fingerprint density at radius 2 is 2.50 bits per heavy atom. The fourth-order valence-corrected chi connectivity index (χ4v) is 3.94. The van der Waals surface area contributed by atoms with Crippen LogP contribution in [-0.2, 0) is 13.1 Å². The Morgan fingerprint density at radius 3 is 3.33 bits per heavy atom. The van der Waals surface area contributed by atoms with Gasteiger partial charge in [0, 0.05) is 52.7 Å². The number of nitrogens with one attached hydrogen (secondary N) is 1. The summed E-state index contributed by atoms with van der Waals surface area (Å²) in [4.78, 5) is 5.86. The number of halogens is 1. The van der Waals surface area contributed by atoms with Crippen LogP contribution in [0.25, 0.3) is 0 Å². The molecule has 3 heterocycles. The SMILES string of the molecule is Brc1csc(CNC[C@@H]2CCCn3ccnc32)c1. The van der Waals surface area contributed by atoms with Crippen LogP contribution >= 0.6 is 27.3 Å². The van der Waals surface area contributed by atoms with Crippen molar-refractivity contribution < 1.29 is 0 Å². The molecule has 2 aromatic heterocycles. The van der Waals surface area contributed by atoms with Crippen molar-refractivity contribution >= 4 is 27.3 Å². The second kappa shape index (κ2) is 5.55. The van der Waals surface area contributed by atoms with Crippen molar-refractivity contribution in [1.82, 2.24) is 14.9 Å². The van der Waals surface area contributed by atoms with Gasteiger partial charge >= 0.3 is 0 Å². The highest BCUT2D eigenvalue weighted by atomic mass is 79.9. The Morgan fingerprint density at radius 1 is 1.56 bits per heavy atom. The standard InChI is InChI=1S/C13H16BrN3S/c14-11-6-12(18-9-11)8-15-7-10-2-1-4-17-5-3-16-13(10)17/h3,5-6,9-10,15H,1-2,4,7-8H2/t10-/m0/s1. The van der Waals surface area contributed by atoms with Gasteiger partial charge in [0.1, 0.15) is 5.82 Å². The molecule has 18 heavy (non-hydrogen) atoms. The van der Waals surface area contributed by atoms with Crippen LogP contribution in [-0.4, -0.2) is 16.1 Å². The van der Waals surface area contributed by atoms with E-state index in [2.05, 4.69) is 48.4 Å². The Bertz CT molecular complexity index is 520. The van der Waals surface area contributed by atoms with Crippen LogP contribution in [0.2, 0.25) is 0 Å². The molecule has 0 aromatic carbocycles. The minimum atomic E-state index is 0.567. The van der Waals surface area contributed by atoms with Gasteiger partial charge in [-0.3, -0.25) is 0 Å². The molecule has 2 aromatic rings. The number of rotatable bonds is 4. The van der Waals surface area contributed by atoms with Crippen molar-refractivity contribution in [2.45, 2.75) is 31.8 Å². The lowest BCUT2D eigenvalue weighted by molar-refractivity contribution is 0.423. The highest BCUT2D eigenvalue weighted by molar-refractivity contribution is 9.10. The van der Waals surface area contributed by atoms with Crippen molar-refractivity contribution in [3.05, 3.63) is 39.0 Å². The number of aromatic nitrogens is 2. The molecule has 1 aliphatic heterocycles. The molecule has 0 radical (unpaired) electrons. The van der Waals surface area contributed by atoms with Gasteiger partial charge < -0.3 is 9.88 Å². The predicted molar refractivity (Wildman–Crippen MR) is 77.9 cm³/mol. The van der Waals surface area contributed by atoms with E-state index in [-0.39, 0.29) is 0 Å². The zero-order chi connectivity index (χ0) is 12.4. The molecule has 1 atom stereocenters. The molecule has 3 nitrogen and oxygen atoms in total. The molecule has 3 rings (SSSR count). The fraction of sp³-hybridized carbons (Fsp3) is 0.462. The summed E-state index contributed by atoms with van der Waals surface area (Å²) in [7, 11) is 0. The van der Waals surface area contributed by atoms with Crippen molar-refractivity contribution in [1.29, 1.82) is 0 Å². The van der Waals surface area contributed by atoms with E-state index in [1.807, 2.05) is 6.20 Å². The van der Waals surface area contributed by atoms with E-state index < -0.39 is 0 Å². The first-order chi connectivity index (χ1) is 8.83. The molecule has 0 aliphatic carbocycles. The van der Waals surface area contributed by atoms with Gasteiger partial charge in [0.2, 0.25) is 0 Å². The largest absolute Gasteiger partial charge is 0.335 e. The highest BCUT2D eigenvalue weighted by Crippen LogP contribution is 2.25. The summed E-state index contributed by atoms with van der Waals surface area (Å²) in [6, 6.07) is 2.18. The first-order valence-electron chi connectivity index (χ1n) is 6.27. The fourth-order valence-electron chi connectivity index (χ4n) is 2.52. The summed E-state index contributed by atoms with van der Waals surface area (Å²) in [5.41, 5.74) is 0. The van der Waals surface area contributed by atoms with E-state index in [1.54, 1.807) is 11.3 Å². The summed E-state index contributed by atoms with van der Waals surface area (Å²) in [6.45, 7) is 3.10. The summed E-state index contributed by atoms with van der Waals surface area (Å²) in [5, 5.41) is 5.68.